The second-order valence-electron chi connectivity index (χ2n) is 5.03. The van der Waals surface area contributed by atoms with Crippen molar-refractivity contribution in [2.24, 2.45) is 0 Å². The summed E-state index contributed by atoms with van der Waals surface area (Å²) >= 11 is 0. The average molecular weight is 274 g/mol. The average Bonchev–Trinajstić information content (AvgIpc) is 2.57. The molecule has 0 aliphatic carbocycles. The molecule has 0 amide bonds. The number of nitrogens with one attached hydrogen (secondary N) is 1. The van der Waals surface area contributed by atoms with Crippen LogP contribution in [0.15, 0.2) is 79.0 Å². The van der Waals surface area contributed by atoms with E-state index in [9.17, 15) is 0 Å². The third-order valence-corrected chi connectivity index (χ3v) is 3.52. The summed E-state index contributed by atoms with van der Waals surface area (Å²) in [5, 5.41) is 3.56. The maximum atomic E-state index is 4.41. The lowest BCUT2D eigenvalue weighted by Crippen LogP contribution is -2.08. The molecule has 1 aromatic heterocycles. The molecule has 0 saturated carbocycles. The molecule has 0 spiro atoms. The van der Waals surface area contributed by atoms with Crippen LogP contribution < -0.4 is 5.32 Å². The van der Waals surface area contributed by atoms with Crippen molar-refractivity contribution in [1.82, 2.24) is 4.98 Å². The number of rotatable bonds is 4. The Hall–Kier alpha value is -2.61. The molecular weight excluding hydrogens is 256 g/mol. The van der Waals surface area contributed by atoms with E-state index in [2.05, 4.69) is 65.8 Å². The number of benzene rings is 2. The van der Waals surface area contributed by atoms with E-state index in [0.717, 1.165) is 11.4 Å². The van der Waals surface area contributed by atoms with Gasteiger partial charge in [0.2, 0.25) is 0 Å². The van der Waals surface area contributed by atoms with Crippen LogP contribution in [0, 0.1) is 0 Å². The maximum absolute atomic E-state index is 4.41. The number of para-hydroxylation sites is 1. The highest BCUT2D eigenvalue weighted by Crippen LogP contribution is 2.29. The van der Waals surface area contributed by atoms with Crippen LogP contribution in [0.4, 0.5) is 5.69 Å². The van der Waals surface area contributed by atoms with E-state index in [0.29, 0.717) is 0 Å². The number of hydrogen-bond donors (Lipinski definition) is 1. The Morgan fingerprint density at radius 1 is 0.810 bits per heavy atom. The molecule has 2 heteroatoms. The van der Waals surface area contributed by atoms with Crippen LogP contribution in [0.3, 0.4) is 0 Å². The topological polar surface area (TPSA) is 24.9 Å². The summed E-state index contributed by atoms with van der Waals surface area (Å²) in [5.41, 5.74) is 4.59. The SMILES string of the molecule is CC(Nc1ccccc1-c1ccccc1)c1ccccn1. The smallest absolute Gasteiger partial charge is 0.0657 e. The molecule has 1 atom stereocenters. The first-order chi connectivity index (χ1) is 10.3. The first-order valence-corrected chi connectivity index (χ1v) is 7.16. The summed E-state index contributed by atoms with van der Waals surface area (Å²) in [6.07, 6.45) is 1.83. The Morgan fingerprint density at radius 3 is 2.29 bits per heavy atom. The van der Waals surface area contributed by atoms with Crippen molar-refractivity contribution >= 4 is 5.69 Å². The quantitative estimate of drug-likeness (QED) is 0.730. The summed E-state index contributed by atoms with van der Waals surface area (Å²) in [4.78, 5) is 4.41. The summed E-state index contributed by atoms with van der Waals surface area (Å²) in [6.45, 7) is 2.13. The fourth-order valence-corrected chi connectivity index (χ4v) is 2.42. The second-order valence-corrected chi connectivity index (χ2v) is 5.03. The van der Waals surface area contributed by atoms with Crippen LogP contribution >= 0.6 is 0 Å². The lowest BCUT2D eigenvalue weighted by molar-refractivity contribution is 0.840. The standard InChI is InChI=1S/C19H18N2/c1-15(18-12-7-8-14-20-18)21-19-13-6-5-11-17(19)16-9-3-2-4-10-16/h2-15,21H,1H3. The monoisotopic (exact) mass is 274 g/mol. The first-order valence-electron chi connectivity index (χ1n) is 7.16. The van der Waals surface area contributed by atoms with Crippen molar-refractivity contribution in [1.29, 1.82) is 0 Å². The minimum Gasteiger partial charge on any atom is -0.376 e. The summed E-state index contributed by atoms with van der Waals surface area (Å²) in [5.74, 6) is 0. The van der Waals surface area contributed by atoms with Gasteiger partial charge in [0.25, 0.3) is 0 Å². The van der Waals surface area contributed by atoms with Crippen molar-refractivity contribution < 1.29 is 0 Å². The molecule has 0 aliphatic rings. The van der Waals surface area contributed by atoms with Gasteiger partial charge in [0.15, 0.2) is 0 Å². The normalized spacial score (nSPS) is 11.9. The molecule has 3 aromatic rings. The van der Waals surface area contributed by atoms with Crippen LogP contribution in [0.5, 0.6) is 0 Å². The Morgan fingerprint density at radius 2 is 1.52 bits per heavy atom. The molecular formula is C19H18N2. The fraction of sp³-hybridized carbons (Fsp3) is 0.105. The minimum atomic E-state index is 0.163. The highest BCUT2D eigenvalue weighted by Gasteiger charge is 2.09. The zero-order valence-electron chi connectivity index (χ0n) is 12.0. The number of hydrogen-bond acceptors (Lipinski definition) is 2. The first kappa shape index (κ1) is 13.4. The van der Waals surface area contributed by atoms with Gasteiger partial charge >= 0.3 is 0 Å². The lowest BCUT2D eigenvalue weighted by Gasteiger charge is -2.18. The van der Waals surface area contributed by atoms with Gasteiger partial charge in [0.05, 0.1) is 11.7 Å². The van der Waals surface area contributed by atoms with Gasteiger partial charge < -0.3 is 5.32 Å². The van der Waals surface area contributed by atoms with Crippen LogP contribution in [0.2, 0.25) is 0 Å². The second kappa shape index (κ2) is 6.23. The number of anilines is 1. The summed E-state index contributed by atoms with van der Waals surface area (Å²) < 4.78 is 0. The molecule has 0 fully saturated rings. The van der Waals surface area contributed by atoms with E-state index < -0.39 is 0 Å². The molecule has 1 N–H and O–H groups in total. The van der Waals surface area contributed by atoms with Gasteiger partial charge in [-0.05, 0) is 30.7 Å². The van der Waals surface area contributed by atoms with Gasteiger partial charge in [-0.15, -0.1) is 0 Å². The number of aromatic nitrogens is 1. The Bertz CT molecular complexity index is 693. The number of nitrogens with zero attached hydrogens (tertiary/aromatic N) is 1. The fourth-order valence-electron chi connectivity index (χ4n) is 2.42. The van der Waals surface area contributed by atoms with E-state index in [1.807, 2.05) is 30.5 Å². The van der Waals surface area contributed by atoms with Gasteiger partial charge in [-0.2, -0.15) is 0 Å². The molecule has 0 saturated heterocycles. The van der Waals surface area contributed by atoms with E-state index in [1.165, 1.54) is 11.1 Å². The molecule has 104 valence electrons. The van der Waals surface area contributed by atoms with Gasteiger partial charge in [0, 0.05) is 17.4 Å². The van der Waals surface area contributed by atoms with Crippen molar-refractivity contribution in [3.8, 4) is 11.1 Å². The van der Waals surface area contributed by atoms with E-state index in [1.54, 1.807) is 0 Å². The van der Waals surface area contributed by atoms with Crippen molar-refractivity contribution in [3.63, 3.8) is 0 Å². The Kier molecular flexibility index (Phi) is 3.97. The van der Waals surface area contributed by atoms with Crippen LogP contribution in [-0.2, 0) is 0 Å². The summed E-state index contributed by atoms with van der Waals surface area (Å²) in [7, 11) is 0. The highest BCUT2D eigenvalue weighted by molar-refractivity contribution is 5.77. The van der Waals surface area contributed by atoms with Gasteiger partial charge in [0.1, 0.15) is 0 Å². The largest absolute Gasteiger partial charge is 0.376 e. The van der Waals surface area contributed by atoms with Gasteiger partial charge in [-0.25, -0.2) is 0 Å². The molecule has 1 unspecified atom stereocenters. The summed E-state index contributed by atoms with van der Waals surface area (Å²) in [6, 6.07) is 25.0. The van der Waals surface area contributed by atoms with Gasteiger partial charge in [-0.3, -0.25) is 4.98 Å². The predicted octanol–water partition coefficient (Wildman–Crippen LogP) is 4.92. The maximum Gasteiger partial charge on any atom is 0.0657 e. The number of pyridine rings is 1. The molecule has 1 heterocycles. The van der Waals surface area contributed by atoms with Crippen molar-refractivity contribution in [2.45, 2.75) is 13.0 Å². The van der Waals surface area contributed by atoms with Crippen LogP contribution in [-0.4, -0.2) is 4.98 Å². The molecule has 3 rings (SSSR count). The molecule has 0 aliphatic heterocycles. The van der Waals surface area contributed by atoms with Crippen LogP contribution in [0.25, 0.3) is 11.1 Å². The zero-order chi connectivity index (χ0) is 14.5. The third kappa shape index (κ3) is 3.11. The van der Waals surface area contributed by atoms with E-state index in [-0.39, 0.29) is 6.04 Å². The van der Waals surface area contributed by atoms with Crippen molar-refractivity contribution in [2.75, 3.05) is 5.32 Å². The Balaban J connectivity index is 1.90. The van der Waals surface area contributed by atoms with Crippen molar-refractivity contribution in [3.05, 3.63) is 84.7 Å². The molecule has 0 bridgehead atoms. The molecule has 0 radical (unpaired) electrons. The molecule has 21 heavy (non-hydrogen) atoms. The lowest BCUT2D eigenvalue weighted by atomic mass is 10.0. The zero-order valence-corrected chi connectivity index (χ0v) is 12.0. The Labute approximate surface area is 125 Å². The van der Waals surface area contributed by atoms with E-state index >= 15 is 0 Å². The van der Waals surface area contributed by atoms with E-state index in [4.69, 9.17) is 0 Å². The van der Waals surface area contributed by atoms with Gasteiger partial charge in [-0.1, -0.05) is 54.6 Å². The third-order valence-electron chi connectivity index (χ3n) is 3.52. The molecule has 2 nitrogen and oxygen atoms in total. The predicted molar refractivity (Wildman–Crippen MR) is 88.2 cm³/mol. The molecule has 2 aromatic carbocycles. The van der Waals surface area contributed by atoms with Crippen LogP contribution in [0.1, 0.15) is 18.7 Å². The minimum absolute atomic E-state index is 0.163. The highest BCUT2D eigenvalue weighted by atomic mass is 14.9.